The molecule has 2 N–H and O–H groups in total. The first-order valence-electron chi connectivity index (χ1n) is 6.86. The van der Waals surface area contributed by atoms with Gasteiger partial charge in [0.15, 0.2) is 0 Å². The number of carboxylic acid groups (broad SMARTS) is 1. The lowest BCUT2D eigenvalue weighted by Gasteiger charge is -2.19. The van der Waals surface area contributed by atoms with Crippen molar-refractivity contribution in [3.63, 3.8) is 0 Å². The summed E-state index contributed by atoms with van der Waals surface area (Å²) in [7, 11) is 0. The maximum atomic E-state index is 11.5. The Balaban J connectivity index is 2.20. The van der Waals surface area contributed by atoms with Gasteiger partial charge in [-0.15, -0.1) is 6.42 Å². The number of hydrogen-bond acceptors (Lipinski definition) is 2. The van der Waals surface area contributed by atoms with Crippen molar-refractivity contribution in [1.29, 1.82) is 0 Å². The molecule has 3 nitrogen and oxygen atoms in total. The summed E-state index contributed by atoms with van der Waals surface area (Å²) in [6.45, 7) is 1.79. The molecule has 0 atom stereocenters. The maximum absolute atomic E-state index is 11.5. The van der Waals surface area contributed by atoms with Gasteiger partial charge in [-0.3, -0.25) is 0 Å². The SMILES string of the molecule is C#Cc1cccc(C(=O)O)c1-c1ccc2c(c1)CNCC2. The molecule has 0 aliphatic carbocycles. The number of benzene rings is 2. The van der Waals surface area contributed by atoms with Gasteiger partial charge in [0.05, 0.1) is 5.56 Å². The van der Waals surface area contributed by atoms with Crippen molar-refractivity contribution in [2.24, 2.45) is 0 Å². The lowest BCUT2D eigenvalue weighted by molar-refractivity contribution is 0.0697. The van der Waals surface area contributed by atoms with E-state index in [9.17, 15) is 9.90 Å². The third-order valence-electron chi connectivity index (χ3n) is 3.83. The van der Waals surface area contributed by atoms with Crippen molar-refractivity contribution in [1.82, 2.24) is 5.32 Å². The van der Waals surface area contributed by atoms with E-state index in [1.54, 1.807) is 18.2 Å². The van der Waals surface area contributed by atoms with Crippen LogP contribution in [-0.2, 0) is 13.0 Å². The molecule has 0 radical (unpaired) electrons. The van der Waals surface area contributed by atoms with Gasteiger partial charge < -0.3 is 10.4 Å². The Kier molecular flexibility index (Phi) is 3.47. The highest BCUT2D eigenvalue weighted by Crippen LogP contribution is 2.30. The summed E-state index contributed by atoms with van der Waals surface area (Å²) in [5.74, 6) is 1.63. The van der Waals surface area contributed by atoms with E-state index in [4.69, 9.17) is 6.42 Å². The number of terminal acetylenes is 1. The Morgan fingerprint density at radius 2 is 2.10 bits per heavy atom. The van der Waals surface area contributed by atoms with E-state index in [-0.39, 0.29) is 5.56 Å². The predicted molar refractivity (Wildman–Crippen MR) is 82.2 cm³/mol. The van der Waals surface area contributed by atoms with Gasteiger partial charge in [0.25, 0.3) is 0 Å². The van der Waals surface area contributed by atoms with Crippen molar-refractivity contribution in [3.05, 3.63) is 58.7 Å². The van der Waals surface area contributed by atoms with Crippen LogP contribution in [-0.4, -0.2) is 17.6 Å². The molecule has 0 aromatic heterocycles. The molecule has 1 aliphatic heterocycles. The number of hydrogen-bond donors (Lipinski definition) is 2. The zero-order chi connectivity index (χ0) is 14.8. The Morgan fingerprint density at radius 3 is 2.86 bits per heavy atom. The number of fused-ring (bicyclic) bond motifs is 1. The molecule has 3 heteroatoms. The van der Waals surface area contributed by atoms with Crippen LogP contribution in [0.4, 0.5) is 0 Å². The number of carboxylic acids is 1. The molecule has 1 aliphatic rings. The zero-order valence-corrected chi connectivity index (χ0v) is 11.5. The fourth-order valence-corrected chi connectivity index (χ4v) is 2.80. The van der Waals surface area contributed by atoms with Crippen LogP contribution >= 0.6 is 0 Å². The minimum Gasteiger partial charge on any atom is -0.478 e. The minimum absolute atomic E-state index is 0.245. The smallest absolute Gasteiger partial charge is 0.336 e. The van der Waals surface area contributed by atoms with Crippen LogP contribution in [0.25, 0.3) is 11.1 Å². The molecule has 0 unspecified atom stereocenters. The van der Waals surface area contributed by atoms with E-state index in [0.717, 1.165) is 25.1 Å². The van der Waals surface area contributed by atoms with Crippen molar-refractivity contribution in [3.8, 4) is 23.5 Å². The van der Waals surface area contributed by atoms with E-state index in [2.05, 4.69) is 17.3 Å². The average Bonchev–Trinajstić information content (AvgIpc) is 2.53. The predicted octanol–water partition coefficient (Wildman–Crippen LogP) is 2.68. The first-order valence-corrected chi connectivity index (χ1v) is 6.86. The quantitative estimate of drug-likeness (QED) is 0.830. The van der Waals surface area contributed by atoms with Crippen molar-refractivity contribution in [2.75, 3.05) is 6.54 Å². The Morgan fingerprint density at radius 1 is 1.24 bits per heavy atom. The number of rotatable bonds is 2. The maximum Gasteiger partial charge on any atom is 0.336 e. The summed E-state index contributed by atoms with van der Waals surface area (Å²) < 4.78 is 0. The molecule has 2 aromatic carbocycles. The lowest BCUT2D eigenvalue weighted by Crippen LogP contribution is -2.23. The molecule has 0 amide bonds. The largest absolute Gasteiger partial charge is 0.478 e. The van der Waals surface area contributed by atoms with Crippen LogP contribution < -0.4 is 5.32 Å². The van der Waals surface area contributed by atoms with Crippen LogP contribution in [0, 0.1) is 12.3 Å². The highest BCUT2D eigenvalue weighted by molar-refractivity contribution is 5.98. The molecule has 21 heavy (non-hydrogen) atoms. The minimum atomic E-state index is -0.960. The Labute approximate surface area is 123 Å². The van der Waals surface area contributed by atoms with Crippen LogP contribution in [0.2, 0.25) is 0 Å². The van der Waals surface area contributed by atoms with Gasteiger partial charge in [0.1, 0.15) is 0 Å². The van der Waals surface area contributed by atoms with Crippen molar-refractivity contribution in [2.45, 2.75) is 13.0 Å². The van der Waals surface area contributed by atoms with E-state index in [0.29, 0.717) is 11.1 Å². The second-order valence-corrected chi connectivity index (χ2v) is 5.09. The molecule has 1 heterocycles. The third kappa shape index (κ3) is 2.42. The molecule has 0 spiro atoms. The van der Waals surface area contributed by atoms with Gasteiger partial charge in [-0.05, 0) is 47.9 Å². The summed E-state index contributed by atoms with van der Waals surface area (Å²) in [6, 6.07) is 11.1. The Bertz CT molecular complexity index is 756. The first-order chi connectivity index (χ1) is 10.2. The first kappa shape index (κ1) is 13.4. The van der Waals surface area contributed by atoms with E-state index < -0.39 is 5.97 Å². The molecular weight excluding hydrogens is 262 g/mol. The standard InChI is InChI=1S/C18H15NO2/c1-2-12-4-3-5-16(18(20)21)17(12)14-7-6-13-8-9-19-11-15(13)10-14/h1,3-7,10,19H,8-9,11H2,(H,20,21). The van der Waals surface area contributed by atoms with Gasteiger partial charge in [-0.25, -0.2) is 4.79 Å². The van der Waals surface area contributed by atoms with E-state index >= 15 is 0 Å². The van der Waals surface area contributed by atoms with Crippen molar-refractivity contribution >= 4 is 5.97 Å². The zero-order valence-electron chi connectivity index (χ0n) is 11.5. The fourth-order valence-electron chi connectivity index (χ4n) is 2.80. The molecule has 104 valence electrons. The monoisotopic (exact) mass is 277 g/mol. The molecular formula is C18H15NO2. The fraction of sp³-hybridized carbons (Fsp3) is 0.167. The topological polar surface area (TPSA) is 49.3 Å². The van der Waals surface area contributed by atoms with Gasteiger partial charge in [0.2, 0.25) is 0 Å². The van der Waals surface area contributed by atoms with Crippen LogP contribution in [0.3, 0.4) is 0 Å². The van der Waals surface area contributed by atoms with Crippen molar-refractivity contribution < 1.29 is 9.90 Å². The average molecular weight is 277 g/mol. The molecule has 3 rings (SSSR count). The van der Waals surface area contributed by atoms with Gasteiger partial charge in [0, 0.05) is 17.7 Å². The number of nitrogens with one attached hydrogen (secondary N) is 1. The van der Waals surface area contributed by atoms with Gasteiger partial charge in [-0.1, -0.05) is 24.1 Å². The third-order valence-corrected chi connectivity index (χ3v) is 3.83. The summed E-state index contributed by atoms with van der Waals surface area (Å²) in [5.41, 5.74) is 4.87. The highest BCUT2D eigenvalue weighted by atomic mass is 16.4. The van der Waals surface area contributed by atoms with E-state index in [1.165, 1.54) is 11.1 Å². The molecule has 0 fully saturated rings. The normalized spacial score (nSPS) is 13.3. The van der Waals surface area contributed by atoms with Crippen LogP contribution in [0.15, 0.2) is 36.4 Å². The van der Waals surface area contributed by atoms with Crippen LogP contribution in [0.5, 0.6) is 0 Å². The highest BCUT2D eigenvalue weighted by Gasteiger charge is 2.17. The number of aromatic carboxylic acids is 1. The van der Waals surface area contributed by atoms with Crippen LogP contribution in [0.1, 0.15) is 27.0 Å². The molecule has 0 saturated heterocycles. The summed E-state index contributed by atoms with van der Waals surface area (Å²) >= 11 is 0. The summed E-state index contributed by atoms with van der Waals surface area (Å²) in [5, 5.41) is 12.7. The molecule has 2 aromatic rings. The van der Waals surface area contributed by atoms with E-state index in [1.807, 2.05) is 12.1 Å². The summed E-state index contributed by atoms with van der Waals surface area (Å²) in [4.78, 5) is 11.5. The summed E-state index contributed by atoms with van der Waals surface area (Å²) in [6.07, 6.45) is 6.54. The number of carbonyl (C=O) groups is 1. The second kappa shape index (κ2) is 5.43. The Hall–Kier alpha value is -2.57. The lowest BCUT2D eigenvalue weighted by atomic mass is 9.90. The van der Waals surface area contributed by atoms with Gasteiger partial charge in [-0.2, -0.15) is 0 Å². The second-order valence-electron chi connectivity index (χ2n) is 5.09. The molecule has 0 bridgehead atoms. The van der Waals surface area contributed by atoms with Gasteiger partial charge >= 0.3 is 5.97 Å². The molecule has 0 saturated carbocycles.